The number of nitrogens with one attached hydrogen (secondary N) is 2. The van der Waals surface area contributed by atoms with Crippen molar-refractivity contribution in [3.05, 3.63) is 0 Å². The van der Waals surface area contributed by atoms with E-state index in [2.05, 4.69) is 43.2 Å². The number of carbonyl (C=O) groups excluding carboxylic acids is 2. The van der Waals surface area contributed by atoms with Crippen molar-refractivity contribution in [3.63, 3.8) is 0 Å². The van der Waals surface area contributed by atoms with E-state index in [4.69, 9.17) is 0 Å². The van der Waals surface area contributed by atoms with Gasteiger partial charge in [0.2, 0.25) is 5.91 Å². The van der Waals surface area contributed by atoms with E-state index < -0.39 is 5.66 Å². The van der Waals surface area contributed by atoms with E-state index in [-0.39, 0.29) is 17.9 Å². The zero-order valence-electron chi connectivity index (χ0n) is 32.4. The Bertz CT molecular complexity index is 725. The van der Waals surface area contributed by atoms with Crippen LogP contribution < -0.4 is 10.6 Å². The van der Waals surface area contributed by atoms with Crippen molar-refractivity contribution >= 4 is 11.7 Å². The Hall–Kier alpha value is -0.940. The van der Waals surface area contributed by atoms with Gasteiger partial charge >= 0.3 is 0 Å². The second-order valence-corrected chi connectivity index (χ2v) is 15.5. The minimum atomic E-state index is -0.522. The summed E-state index contributed by atoms with van der Waals surface area (Å²) in [5.74, 6) is 0.395. The molecule has 0 bridgehead atoms. The lowest BCUT2D eigenvalue weighted by Crippen LogP contribution is -2.61. The van der Waals surface area contributed by atoms with Gasteiger partial charge in [-0.2, -0.15) is 0 Å². The lowest BCUT2D eigenvalue weighted by atomic mass is 10.0. The number of nitrogens with zero attached hydrogens (tertiary/aromatic N) is 1. The molecule has 0 aromatic heterocycles. The van der Waals surface area contributed by atoms with E-state index in [1.54, 1.807) is 0 Å². The second-order valence-electron chi connectivity index (χ2n) is 15.5. The maximum absolute atomic E-state index is 13.1. The Kier molecular flexibility index (Phi) is 29.1. The van der Waals surface area contributed by atoms with Crippen molar-refractivity contribution in [2.75, 3.05) is 13.1 Å². The molecular formula is C42H83N3O2. The third-order valence-electron chi connectivity index (χ3n) is 10.5. The number of Topliss-reactive ketones (excluding diaryl/α,β-unsaturated/α-hetero) is 1. The Balaban J connectivity index is 2.04. The van der Waals surface area contributed by atoms with Gasteiger partial charge in [0.1, 0.15) is 6.17 Å². The van der Waals surface area contributed by atoms with E-state index in [1.807, 2.05) is 0 Å². The number of unbranched alkanes of at least 4 members (excludes halogenated alkanes) is 28. The van der Waals surface area contributed by atoms with Gasteiger partial charge in [-0.1, -0.05) is 194 Å². The summed E-state index contributed by atoms with van der Waals surface area (Å²) in [5, 5.41) is 6.66. The third kappa shape index (κ3) is 24.8. The molecule has 1 heterocycles. The number of ketones is 1. The Labute approximate surface area is 294 Å². The third-order valence-corrected chi connectivity index (χ3v) is 10.5. The van der Waals surface area contributed by atoms with Crippen molar-refractivity contribution in [1.29, 1.82) is 0 Å². The van der Waals surface area contributed by atoms with Crippen LogP contribution in [0.25, 0.3) is 0 Å². The first-order valence-electron chi connectivity index (χ1n) is 21.3. The van der Waals surface area contributed by atoms with Gasteiger partial charge in [0.05, 0.1) is 5.66 Å². The van der Waals surface area contributed by atoms with Crippen LogP contribution in [0.1, 0.15) is 233 Å². The summed E-state index contributed by atoms with van der Waals surface area (Å²) in [6.07, 6.45) is 41.0. The predicted octanol–water partition coefficient (Wildman–Crippen LogP) is 12.2. The van der Waals surface area contributed by atoms with E-state index >= 15 is 0 Å². The van der Waals surface area contributed by atoms with E-state index in [0.717, 1.165) is 38.8 Å². The quantitative estimate of drug-likeness (QED) is 0.0664. The van der Waals surface area contributed by atoms with Gasteiger partial charge in [-0.05, 0) is 26.7 Å². The molecule has 0 aliphatic carbocycles. The summed E-state index contributed by atoms with van der Waals surface area (Å²) in [6, 6.07) is 0. The molecule has 1 aliphatic rings. The van der Waals surface area contributed by atoms with Crippen LogP contribution in [-0.4, -0.2) is 41.5 Å². The molecule has 0 spiro atoms. The van der Waals surface area contributed by atoms with Crippen molar-refractivity contribution in [2.45, 2.75) is 245 Å². The minimum absolute atomic E-state index is 0.116. The average molecular weight is 662 g/mol. The van der Waals surface area contributed by atoms with Gasteiger partial charge < -0.3 is 5.32 Å². The summed E-state index contributed by atoms with van der Waals surface area (Å²) in [6.45, 7) is 10.3. The summed E-state index contributed by atoms with van der Waals surface area (Å²) in [7, 11) is 0. The van der Waals surface area contributed by atoms with Crippen LogP contribution in [0.3, 0.4) is 0 Å². The van der Waals surface area contributed by atoms with E-state index in [9.17, 15) is 9.59 Å². The summed E-state index contributed by atoms with van der Waals surface area (Å²) < 4.78 is 0. The molecule has 0 radical (unpaired) electrons. The number of carbonyl (C=O) groups is 2. The minimum Gasteiger partial charge on any atom is -0.338 e. The second kappa shape index (κ2) is 31.1. The van der Waals surface area contributed by atoms with Crippen molar-refractivity contribution < 1.29 is 9.59 Å². The van der Waals surface area contributed by atoms with Gasteiger partial charge in [0, 0.05) is 25.9 Å². The molecule has 0 aromatic carbocycles. The number of hydrogen-bond acceptors (Lipinski definition) is 4. The molecule has 1 aliphatic heterocycles. The zero-order chi connectivity index (χ0) is 34.3. The largest absolute Gasteiger partial charge is 0.338 e. The highest BCUT2D eigenvalue weighted by molar-refractivity contribution is 5.84. The zero-order valence-corrected chi connectivity index (χ0v) is 32.4. The lowest BCUT2D eigenvalue weighted by Gasteiger charge is -2.39. The predicted molar refractivity (Wildman–Crippen MR) is 205 cm³/mol. The molecule has 47 heavy (non-hydrogen) atoms. The van der Waals surface area contributed by atoms with Crippen LogP contribution in [-0.2, 0) is 9.59 Å². The summed E-state index contributed by atoms with van der Waals surface area (Å²) in [4.78, 5) is 28.1. The van der Waals surface area contributed by atoms with Gasteiger partial charge in [-0.15, -0.1) is 0 Å². The van der Waals surface area contributed by atoms with Crippen LogP contribution in [0.5, 0.6) is 0 Å². The highest BCUT2D eigenvalue weighted by atomic mass is 16.2. The molecular weight excluding hydrogens is 578 g/mol. The van der Waals surface area contributed by atoms with Crippen molar-refractivity contribution in [1.82, 2.24) is 15.5 Å². The smallest absolute Gasteiger partial charge is 0.221 e. The van der Waals surface area contributed by atoms with Crippen LogP contribution in [0.2, 0.25) is 0 Å². The molecule has 1 rings (SSSR count). The van der Waals surface area contributed by atoms with E-state index in [0.29, 0.717) is 12.8 Å². The first kappa shape index (κ1) is 44.1. The topological polar surface area (TPSA) is 61.4 Å². The fourth-order valence-corrected chi connectivity index (χ4v) is 7.39. The van der Waals surface area contributed by atoms with E-state index in [1.165, 1.54) is 167 Å². The van der Waals surface area contributed by atoms with Crippen LogP contribution in [0.4, 0.5) is 0 Å². The summed E-state index contributed by atoms with van der Waals surface area (Å²) in [5.41, 5.74) is -0.522. The van der Waals surface area contributed by atoms with Gasteiger partial charge in [-0.25, -0.2) is 0 Å². The van der Waals surface area contributed by atoms with Gasteiger partial charge in [0.25, 0.3) is 0 Å². The first-order chi connectivity index (χ1) is 22.9. The van der Waals surface area contributed by atoms with Crippen molar-refractivity contribution in [3.8, 4) is 0 Å². The van der Waals surface area contributed by atoms with Crippen LogP contribution in [0.15, 0.2) is 0 Å². The van der Waals surface area contributed by atoms with Crippen molar-refractivity contribution in [2.24, 2.45) is 0 Å². The Morgan fingerprint density at radius 1 is 0.532 bits per heavy atom. The Morgan fingerprint density at radius 2 is 0.851 bits per heavy atom. The number of rotatable bonds is 35. The molecule has 5 nitrogen and oxygen atoms in total. The summed E-state index contributed by atoms with van der Waals surface area (Å²) >= 11 is 0. The fraction of sp³-hybridized carbons (Fsp3) is 0.952. The first-order valence-corrected chi connectivity index (χ1v) is 21.3. The fourth-order valence-electron chi connectivity index (χ4n) is 7.39. The maximum Gasteiger partial charge on any atom is 0.221 e. The van der Waals surface area contributed by atoms with Crippen LogP contribution >= 0.6 is 0 Å². The molecule has 1 amide bonds. The number of hydrogen-bond donors (Lipinski definition) is 2. The molecule has 1 fully saturated rings. The SMILES string of the molecule is CCCCCCCCCCCCCCCCCC(=O)NC(C)(C)N1CCNC1C(=O)CCCCCCCCCCCCCCCCC. The Morgan fingerprint density at radius 3 is 1.21 bits per heavy atom. The average Bonchev–Trinajstić information content (AvgIpc) is 3.56. The van der Waals surface area contributed by atoms with Gasteiger partial charge in [-0.3, -0.25) is 19.8 Å². The monoisotopic (exact) mass is 662 g/mol. The maximum atomic E-state index is 13.1. The lowest BCUT2D eigenvalue weighted by molar-refractivity contribution is -0.131. The molecule has 1 saturated heterocycles. The molecule has 0 saturated carbocycles. The highest BCUT2D eigenvalue weighted by Gasteiger charge is 2.39. The number of amides is 1. The van der Waals surface area contributed by atoms with Gasteiger partial charge in [0.15, 0.2) is 5.78 Å². The standard InChI is InChI=1S/C42H83N3O2/c1-5-7-9-11-13-15-17-19-21-23-25-27-29-31-33-35-39(46)41-43-37-38-45(41)42(3,4)44-40(47)36-34-32-30-28-26-24-22-20-18-16-14-12-10-8-6-2/h41,43H,5-38H2,1-4H3,(H,44,47). The molecule has 278 valence electrons. The van der Waals surface area contributed by atoms with Crippen LogP contribution in [0, 0.1) is 0 Å². The molecule has 2 N–H and O–H groups in total. The molecule has 1 atom stereocenters. The molecule has 5 heteroatoms. The molecule has 1 unspecified atom stereocenters. The highest BCUT2D eigenvalue weighted by Crippen LogP contribution is 2.21. The molecule has 0 aromatic rings. The normalized spacial score (nSPS) is 15.4.